The third kappa shape index (κ3) is 5.85. The Hall–Kier alpha value is -1.00. The molecule has 1 aromatic carbocycles. The van der Waals surface area contributed by atoms with Crippen molar-refractivity contribution in [2.24, 2.45) is 0 Å². The molecule has 0 aromatic heterocycles. The van der Waals surface area contributed by atoms with Gasteiger partial charge in [0.05, 0.1) is 0 Å². The predicted octanol–water partition coefficient (Wildman–Crippen LogP) is 5.81. The molecule has 0 spiro atoms. The molecule has 0 aliphatic rings. The summed E-state index contributed by atoms with van der Waals surface area (Å²) in [5.74, 6) is -2.31. The van der Waals surface area contributed by atoms with Gasteiger partial charge in [-0.1, -0.05) is 51.5 Å². The average Bonchev–Trinajstić information content (AvgIpc) is 2.54. The zero-order valence-corrected chi connectivity index (χ0v) is 14.8. The van der Waals surface area contributed by atoms with E-state index >= 15 is 0 Å². The molecule has 0 amide bonds. The summed E-state index contributed by atoms with van der Waals surface area (Å²) in [6.07, 6.45) is 7.70. The lowest BCUT2D eigenvalue weighted by Gasteiger charge is -2.35. The zero-order valence-electron chi connectivity index (χ0n) is 14.8. The van der Waals surface area contributed by atoms with Crippen molar-refractivity contribution in [3.63, 3.8) is 0 Å². The van der Waals surface area contributed by atoms with Crippen LogP contribution in [-0.2, 0) is 9.47 Å². The van der Waals surface area contributed by atoms with Gasteiger partial charge >= 0.3 is 0 Å². The highest BCUT2D eigenvalue weighted by Crippen LogP contribution is 2.37. The smallest absolute Gasteiger partial charge is 0.171 e. The van der Waals surface area contributed by atoms with Gasteiger partial charge in [-0.25, -0.2) is 8.78 Å². The Labute approximate surface area is 139 Å². The summed E-state index contributed by atoms with van der Waals surface area (Å²) in [7, 11) is 3.11. The number of unbranched alkanes of at least 4 members (excludes halogenated alkanes) is 5. The average molecular weight is 328 g/mol. The van der Waals surface area contributed by atoms with Crippen molar-refractivity contribution in [2.75, 3.05) is 14.2 Å². The maximum atomic E-state index is 14.2. The van der Waals surface area contributed by atoms with Crippen LogP contribution in [0.4, 0.5) is 8.78 Å². The van der Waals surface area contributed by atoms with Crippen LogP contribution in [0.5, 0.6) is 0 Å². The molecule has 1 rings (SSSR count). The fraction of sp³-hybridized carbons (Fsp3) is 0.684. The molecule has 0 bridgehead atoms. The van der Waals surface area contributed by atoms with E-state index in [2.05, 4.69) is 6.92 Å². The predicted molar refractivity (Wildman–Crippen MR) is 89.5 cm³/mol. The SMILES string of the molecule is CCCCCCCCC(c1ccc(F)cc1F)C(C)(OC)OC. The molecule has 0 aliphatic carbocycles. The summed E-state index contributed by atoms with van der Waals surface area (Å²) in [5, 5.41) is 0. The minimum Gasteiger partial charge on any atom is -0.353 e. The minimum absolute atomic E-state index is 0.274. The monoisotopic (exact) mass is 328 g/mol. The van der Waals surface area contributed by atoms with Gasteiger partial charge in [0.1, 0.15) is 11.6 Å². The maximum Gasteiger partial charge on any atom is 0.171 e. The molecule has 23 heavy (non-hydrogen) atoms. The Bertz CT molecular complexity index is 459. The van der Waals surface area contributed by atoms with Crippen molar-refractivity contribution in [3.05, 3.63) is 35.4 Å². The van der Waals surface area contributed by atoms with E-state index in [9.17, 15) is 8.78 Å². The lowest BCUT2D eigenvalue weighted by molar-refractivity contribution is -0.210. The molecule has 1 aromatic rings. The lowest BCUT2D eigenvalue weighted by atomic mass is 9.85. The first-order chi connectivity index (χ1) is 11.0. The Morgan fingerprint density at radius 1 is 1.00 bits per heavy atom. The third-order valence-corrected chi connectivity index (χ3v) is 4.63. The van der Waals surface area contributed by atoms with Crippen LogP contribution in [-0.4, -0.2) is 20.0 Å². The van der Waals surface area contributed by atoms with Crippen LogP contribution in [0.25, 0.3) is 0 Å². The highest BCUT2D eigenvalue weighted by molar-refractivity contribution is 5.24. The molecule has 2 nitrogen and oxygen atoms in total. The van der Waals surface area contributed by atoms with Gasteiger partial charge in [-0.05, 0) is 25.0 Å². The number of hydrogen-bond donors (Lipinski definition) is 0. The Morgan fingerprint density at radius 2 is 1.61 bits per heavy atom. The summed E-state index contributed by atoms with van der Waals surface area (Å²) in [5.41, 5.74) is 0.450. The molecule has 132 valence electrons. The van der Waals surface area contributed by atoms with Crippen molar-refractivity contribution in [2.45, 2.75) is 70.5 Å². The van der Waals surface area contributed by atoms with Gasteiger partial charge in [-0.2, -0.15) is 0 Å². The molecule has 0 aliphatic heterocycles. The molecule has 0 N–H and O–H groups in total. The van der Waals surface area contributed by atoms with Crippen LogP contribution in [0.1, 0.15) is 70.3 Å². The number of benzene rings is 1. The van der Waals surface area contributed by atoms with Crippen molar-refractivity contribution < 1.29 is 18.3 Å². The molecule has 0 heterocycles. The fourth-order valence-corrected chi connectivity index (χ4v) is 2.98. The summed E-state index contributed by atoms with van der Waals surface area (Å²) in [4.78, 5) is 0. The van der Waals surface area contributed by atoms with E-state index in [-0.39, 0.29) is 5.92 Å². The second kappa shape index (κ2) is 9.99. The van der Waals surface area contributed by atoms with Crippen LogP contribution >= 0.6 is 0 Å². The van der Waals surface area contributed by atoms with Crippen LogP contribution in [0.2, 0.25) is 0 Å². The number of rotatable bonds is 11. The summed E-state index contributed by atoms with van der Waals surface area (Å²) < 4.78 is 38.4. The molecular formula is C19H30F2O2. The summed E-state index contributed by atoms with van der Waals surface area (Å²) >= 11 is 0. The van der Waals surface area contributed by atoms with E-state index in [1.54, 1.807) is 21.1 Å². The van der Waals surface area contributed by atoms with Crippen molar-refractivity contribution in [1.82, 2.24) is 0 Å². The van der Waals surface area contributed by atoms with Gasteiger partial charge < -0.3 is 9.47 Å². The highest BCUT2D eigenvalue weighted by atomic mass is 19.1. The van der Waals surface area contributed by atoms with Gasteiger partial charge in [0.2, 0.25) is 0 Å². The molecule has 0 fully saturated rings. The minimum atomic E-state index is -0.928. The fourth-order valence-electron chi connectivity index (χ4n) is 2.98. The third-order valence-electron chi connectivity index (χ3n) is 4.63. The second-order valence-electron chi connectivity index (χ2n) is 6.20. The van der Waals surface area contributed by atoms with E-state index in [1.807, 2.05) is 0 Å². The molecule has 4 heteroatoms. The van der Waals surface area contributed by atoms with Crippen LogP contribution in [0.3, 0.4) is 0 Å². The molecule has 0 radical (unpaired) electrons. The number of methoxy groups -OCH3 is 2. The van der Waals surface area contributed by atoms with Crippen molar-refractivity contribution in [1.29, 1.82) is 0 Å². The quantitative estimate of drug-likeness (QED) is 0.377. The highest BCUT2D eigenvalue weighted by Gasteiger charge is 2.36. The van der Waals surface area contributed by atoms with Gasteiger partial charge in [0, 0.05) is 26.2 Å². The number of halogens is 2. The van der Waals surface area contributed by atoms with Crippen molar-refractivity contribution in [3.8, 4) is 0 Å². The first kappa shape index (κ1) is 20.0. The molecular weight excluding hydrogens is 298 g/mol. The largest absolute Gasteiger partial charge is 0.353 e. The number of hydrogen-bond acceptors (Lipinski definition) is 2. The summed E-state index contributed by atoms with van der Waals surface area (Å²) in [6, 6.07) is 3.72. The van der Waals surface area contributed by atoms with Crippen LogP contribution in [0, 0.1) is 11.6 Å². The van der Waals surface area contributed by atoms with Gasteiger partial charge in [-0.3, -0.25) is 0 Å². The standard InChI is InChI=1S/C19H30F2O2/c1-5-6-7-8-9-10-11-17(19(2,22-3)23-4)16-13-12-15(20)14-18(16)21/h12-14,17H,5-11H2,1-4H3. The molecule has 1 atom stereocenters. The van der Waals surface area contributed by atoms with Gasteiger partial charge in [0.25, 0.3) is 0 Å². The molecule has 0 saturated heterocycles. The van der Waals surface area contributed by atoms with E-state index in [4.69, 9.17) is 9.47 Å². The second-order valence-corrected chi connectivity index (χ2v) is 6.20. The lowest BCUT2D eigenvalue weighted by Crippen LogP contribution is -2.37. The number of ether oxygens (including phenoxy) is 2. The van der Waals surface area contributed by atoms with E-state index < -0.39 is 17.4 Å². The first-order valence-corrected chi connectivity index (χ1v) is 8.53. The van der Waals surface area contributed by atoms with E-state index in [1.165, 1.54) is 37.8 Å². The van der Waals surface area contributed by atoms with Gasteiger partial charge in [-0.15, -0.1) is 0 Å². The van der Waals surface area contributed by atoms with E-state index in [0.29, 0.717) is 5.56 Å². The molecule has 0 saturated carbocycles. The van der Waals surface area contributed by atoms with E-state index in [0.717, 1.165) is 25.3 Å². The molecule has 1 unspecified atom stereocenters. The topological polar surface area (TPSA) is 18.5 Å². The zero-order chi connectivity index (χ0) is 17.3. The van der Waals surface area contributed by atoms with Gasteiger partial charge in [0.15, 0.2) is 5.79 Å². The summed E-state index contributed by atoms with van der Waals surface area (Å²) in [6.45, 7) is 3.99. The van der Waals surface area contributed by atoms with Crippen molar-refractivity contribution >= 4 is 0 Å². The maximum absolute atomic E-state index is 14.2. The van der Waals surface area contributed by atoms with Crippen LogP contribution in [0.15, 0.2) is 18.2 Å². The Kier molecular flexibility index (Phi) is 8.71. The first-order valence-electron chi connectivity index (χ1n) is 8.53. The Morgan fingerprint density at radius 3 is 2.17 bits per heavy atom. The van der Waals surface area contributed by atoms with Crippen LogP contribution < -0.4 is 0 Å². The normalized spacial score (nSPS) is 13.3. The Balaban J connectivity index is 2.82.